The fourth-order valence-electron chi connectivity index (χ4n) is 4.71. The summed E-state index contributed by atoms with van der Waals surface area (Å²) in [6.45, 7) is 6.48. The van der Waals surface area contributed by atoms with Crippen molar-refractivity contribution in [1.82, 2.24) is 19.8 Å². The highest BCUT2D eigenvalue weighted by molar-refractivity contribution is 8.00. The number of hydrogen-bond acceptors (Lipinski definition) is 9. The number of piperidine rings is 1. The van der Waals surface area contributed by atoms with Crippen LogP contribution in [-0.4, -0.2) is 91.4 Å². The Morgan fingerprint density at radius 3 is 2.49 bits per heavy atom. The fraction of sp³-hybridized carbons (Fsp3) is 0.500. The molecule has 0 bridgehead atoms. The van der Waals surface area contributed by atoms with Crippen molar-refractivity contribution < 1.29 is 22.7 Å². The molecule has 13 heteroatoms. The van der Waals surface area contributed by atoms with Crippen LogP contribution in [0.15, 0.2) is 36.0 Å². The van der Waals surface area contributed by atoms with Crippen LogP contribution in [0.4, 0.5) is 36.2 Å². The summed E-state index contributed by atoms with van der Waals surface area (Å²) in [6.07, 6.45) is -0.671. The Hall–Kier alpha value is -3.03. The van der Waals surface area contributed by atoms with Crippen LogP contribution in [0, 0.1) is 0 Å². The molecule has 39 heavy (non-hydrogen) atoms. The standard InChI is InChI=1S/C26H34F3N7O2S/c1-6-23(37)31-19-11-20(22(38-5)12-21(19)36-9-7-16(8-10-36)34(2)3)32-25-30-13-18(26(27,28)29)24(33-25)39-17-14-35(4)15-17/h6,11-13,16-17H,1,7-10,14-15H2,2-5H3,(H,31,37)(H,30,32,33). The van der Waals surface area contributed by atoms with Gasteiger partial charge in [0.25, 0.3) is 0 Å². The first-order valence-corrected chi connectivity index (χ1v) is 13.5. The minimum Gasteiger partial charge on any atom is -0.494 e. The number of anilines is 4. The second kappa shape index (κ2) is 12.0. The van der Waals surface area contributed by atoms with Crippen molar-refractivity contribution in [2.45, 2.75) is 35.3 Å². The van der Waals surface area contributed by atoms with Crippen molar-refractivity contribution >= 4 is 40.7 Å². The molecule has 4 rings (SSSR count). The van der Waals surface area contributed by atoms with Gasteiger partial charge in [0.05, 0.1) is 24.2 Å². The molecule has 2 fully saturated rings. The summed E-state index contributed by atoms with van der Waals surface area (Å²) in [7, 11) is 7.55. The largest absolute Gasteiger partial charge is 0.494 e. The van der Waals surface area contributed by atoms with Gasteiger partial charge in [0.15, 0.2) is 0 Å². The number of halogens is 3. The maximum Gasteiger partial charge on any atom is 0.420 e. The summed E-state index contributed by atoms with van der Waals surface area (Å²) in [5.74, 6) is 0.0529. The van der Waals surface area contributed by atoms with Gasteiger partial charge in [-0.2, -0.15) is 13.2 Å². The first-order valence-electron chi connectivity index (χ1n) is 12.6. The molecule has 0 aliphatic carbocycles. The van der Waals surface area contributed by atoms with Gasteiger partial charge in [-0.1, -0.05) is 18.3 Å². The van der Waals surface area contributed by atoms with E-state index in [0.29, 0.717) is 36.3 Å². The molecule has 1 aromatic carbocycles. The van der Waals surface area contributed by atoms with Crippen LogP contribution >= 0.6 is 11.8 Å². The monoisotopic (exact) mass is 565 g/mol. The molecular formula is C26H34F3N7O2S. The van der Waals surface area contributed by atoms with E-state index in [0.717, 1.165) is 49.6 Å². The molecule has 2 saturated heterocycles. The van der Waals surface area contributed by atoms with E-state index in [1.54, 1.807) is 12.1 Å². The molecule has 2 aliphatic heterocycles. The van der Waals surface area contributed by atoms with E-state index in [2.05, 4.69) is 51.1 Å². The van der Waals surface area contributed by atoms with E-state index in [-0.39, 0.29) is 22.1 Å². The molecule has 3 heterocycles. The number of benzene rings is 1. The molecule has 1 amide bonds. The van der Waals surface area contributed by atoms with Crippen molar-refractivity contribution in [1.29, 1.82) is 0 Å². The summed E-state index contributed by atoms with van der Waals surface area (Å²) >= 11 is 1.10. The van der Waals surface area contributed by atoms with E-state index in [1.165, 1.54) is 13.2 Å². The van der Waals surface area contributed by atoms with E-state index in [1.807, 2.05) is 11.9 Å². The Balaban J connectivity index is 1.65. The zero-order valence-electron chi connectivity index (χ0n) is 22.5. The number of ether oxygens (including phenoxy) is 1. The van der Waals surface area contributed by atoms with Gasteiger partial charge in [0.1, 0.15) is 16.3 Å². The van der Waals surface area contributed by atoms with Crippen molar-refractivity contribution in [3.05, 3.63) is 36.5 Å². The summed E-state index contributed by atoms with van der Waals surface area (Å²) in [4.78, 5) is 26.9. The molecule has 0 atom stereocenters. The first kappa shape index (κ1) is 29.0. The van der Waals surface area contributed by atoms with Crippen LogP contribution in [0.1, 0.15) is 18.4 Å². The number of amides is 1. The topological polar surface area (TPSA) is 85.9 Å². The van der Waals surface area contributed by atoms with Gasteiger partial charge in [-0.3, -0.25) is 4.79 Å². The Morgan fingerprint density at radius 1 is 1.23 bits per heavy atom. The first-order chi connectivity index (χ1) is 18.5. The van der Waals surface area contributed by atoms with Gasteiger partial charge < -0.3 is 30.1 Å². The lowest BCUT2D eigenvalue weighted by Crippen LogP contribution is -2.46. The third-order valence-electron chi connectivity index (χ3n) is 6.91. The number of likely N-dealkylation sites (tertiary alicyclic amines) is 1. The molecule has 212 valence electrons. The molecule has 9 nitrogen and oxygen atoms in total. The van der Waals surface area contributed by atoms with E-state index in [4.69, 9.17) is 4.74 Å². The number of methoxy groups -OCH3 is 1. The molecule has 2 aromatic rings. The van der Waals surface area contributed by atoms with Crippen LogP contribution in [0.3, 0.4) is 0 Å². The summed E-state index contributed by atoms with van der Waals surface area (Å²) in [5, 5.41) is 5.75. The average Bonchev–Trinajstić information content (AvgIpc) is 2.87. The van der Waals surface area contributed by atoms with Gasteiger partial charge in [-0.05, 0) is 46.1 Å². The smallest absolute Gasteiger partial charge is 0.420 e. The highest BCUT2D eigenvalue weighted by atomic mass is 32.2. The van der Waals surface area contributed by atoms with Gasteiger partial charge in [-0.25, -0.2) is 9.97 Å². The van der Waals surface area contributed by atoms with Crippen molar-refractivity contribution in [3.63, 3.8) is 0 Å². The maximum absolute atomic E-state index is 13.7. The number of alkyl halides is 3. The zero-order valence-corrected chi connectivity index (χ0v) is 23.3. The van der Waals surface area contributed by atoms with Gasteiger partial charge in [0.2, 0.25) is 11.9 Å². The normalized spacial score (nSPS) is 17.2. The Labute approximate surface area is 230 Å². The zero-order chi connectivity index (χ0) is 28.3. The predicted molar refractivity (Wildman–Crippen MR) is 148 cm³/mol. The number of rotatable bonds is 9. The van der Waals surface area contributed by atoms with Crippen LogP contribution in [0.25, 0.3) is 0 Å². The number of nitrogens with zero attached hydrogens (tertiary/aromatic N) is 5. The highest BCUT2D eigenvalue weighted by Gasteiger charge is 2.37. The Morgan fingerprint density at radius 2 is 1.92 bits per heavy atom. The van der Waals surface area contributed by atoms with Gasteiger partial charge in [0, 0.05) is 49.7 Å². The van der Waals surface area contributed by atoms with E-state index in [9.17, 15) is 18.0 Å². The molecule has 0 spiro atoms. The minimum atomic E-state index is -4.57. The molecule has 0 radical (unpaired) electrons. The van der Waals surface area contributed by atoms with Crippen LogP contribution in [0.5, 0.6) is 5.75 Å². The number of carbonyl (C=O) groups excluding carboxylic acids is 1. The highest BCUT2D eigenvalue weighted by Crippen LogP contribution is 2.41. The molecule has 0 unspecified atom stereocenters. The van der Waals surface area contributed by atoms with E-state index < -0.39 is 11.7 Å². The van der Waals surface area contributed by atoms with Crippen LogP contribution < -0.4 is 20.3 Å². The Bertz CT molecular complexity index is 1200. The number of nitrogens with one attached hydrogen (secondary N) is 2. The van der Waals surface area contributed by atoms with Crippen molar-refractivity contribution in [2.24, 2.45) is 0 Å². The van der Waals surface area contributed by atoms with Gasteiger partial charge >= 0.3 is 6.18 Å². The Kier molecular flexibility index (Phi) is 8.92. The molecule has 2 N–H and O–H groups in total. The molecule has 0 saturated carbocycles. The predicted octanol–water partition coefficient (Wildman–Crippen LogP) is 4.31. The number of hydrogen-bond donors (Lipinski definition) is 2. The lowest BCUT2D eigenvalue weighted by Gasteiger charge is -2.37. The second-order valence-electron chi connectivity index (χ2n) is 9.94. The van der Waals surface area contributed by atoms with E-state index >= 15 is 0 Å². The fourth-order valence-corrected chi connectivity index (χ4v) is 6.12. The number of aromatic nitrogens is 2. The molecular weight excluding hydrogens is 531 g/mol. The van der Waals surface area contributed by atoms with Crippen LogP contribution in [-0.2, 0) is 11.0 Å². The number of thioether (sulfide) groups is 1. The quantitative estimate of drug-likeness (QED) is 0.341. The minimum absolute atomic E-state index is 0.00276. The van der Waals surface area contributed by atoms with Crippen molar-refractivity contribution in [3.8, 4) is 5.75 Å². The third kappa shape index (κ3) is 6.95. The molecule has 2 aliphatic rings. The van der Waals surface area contributed by atoms with Crippen molar-refractivity contribution in [2.75, 3.05) is 70.0 Å². The number of carbonyl (C=O) groups is 1. The average molecular weight is 566 g/mol. The SMILES string of the molecule is C=CC(=O)Nc1cc(Nc2ncc(C(F)(F)F)c(SC3CN(C)C3)n2)c(OC)cc1N1CCC(N(C)C)CC1. The summed E-state index contributed by atoms with van der Waals surface area (Å²) < 4.78 is 46.6. The maximum atomic E-state index is 13.7. The lowest BCUT2D eigenvalue weighted by atomic mass is 10.0. The second-order valence-corrected chi connectivity index (χ2v) is 11.2. The lowest BCUT2D eigenvalue weighted by molar-refractivity contribution is -0.140. The third-order valence-corrected chi connectivity index (χ3v) is 8.08. The molecule has 1 aromatic heterocycles. The summed E-state index contributed by atoms with van der Waals surface area (Å²) in [5.41, 5.74) is 0.840. The van der Waals surface area contributed by atoms with Crippen LogP contribution in [0.2, 0.25) is 0 Å². The van der Waals surface area contributed by atoms with Gasteiger partial charge in [-0.15, -0.1) is 0 Å². The summed E-state index contributed by atoms with van der Waals surface area (Å²) in [6, 6.07) is 3.96.